The minimum Gasteiger partial charge on any atom is -0.455 e. The first-order valence-electron chi connectivity index (χ1n) is 10.4. The zero-order valence-electron chi connectivity index (χ0n) is 17.5. The third-order valence-corrected chi connectivity index (χ3v) is 5.51. The molecule has 0 unspecified atom stereocenters. The maximum absolute atomic E-state index is 12.7. The van der Waals surface area contributed by atoms with Crippen LogP contribution in [0.1, 0.15) is 44.6 Å². The number of esters is 1. The zero-order chi connectivity index (χ0) is 21.5. The van der Waals surface area contributed by atoms with Crippen molar-refractivity contribution in [3.63, 3.8) is 0 Å². The third kappa shape index (κ3) is 5.26. The number of ether oxygens (including phenoxy) is 1. The average Bonchev–Trinajstić information content (AvgIpc) is 3.19. The molecule has 1 heterocycles. The summed E-state index contributed by atoms with van der Waals surface area (Å²) in [6.07, 6.45) is 2.26. The minimum atomic E-state index is -0.402. The van der Waals surface area contributed by atoms with Gasteiger partial charge in [0.05, 0.1) is 5.92 Å². The standard InChI is InChI=1S/C24H28N2O4/c1-3-17(2)23(18-8-5-4-6-9-18)24(29)30-16-21(27)25-19-11-13-20(14-12-19)26-15-7-10-22(26)28/h4-6,8-9,11-14,17,23H,3,7,10,15-16H2,1-2H3,(H,25,27)/t17-,23+/m1/s1. The summed E-state index contributed by atoms with van der Waals surface area (Å²) >= 11 is 0. The molecular formula is C24H28N2O4. The van der Waals surface area contributed by atoms with E-state index in [-0.39, 0.29) is 18.4 Å². The molecular weight excluding hydrogens is 380 g/mol. The molecule has 0 spiro atoms. The van der Waals surface area contributed by atoms with E-state index in [2.05, 4.69) is 5.32 Å². The van der Waals surface area contributed by atoms with Crippen LogP contribution in [0.4, 0.5) is 11.4 Å². The Morgan fingerprint density at radius 2 is 1.80 bits per heavy atom. The largest absolute Gasteiger partial charge is 0.455 e. The molecule has 2 atom stereocenters. The molecule has 1 saturated heterocycles. The van der Waals surface area contributed by atoms with Crippen LogP contribution in [0.5, 0.6) is 0 Å². The summed E-state index contributed by atoms with van der Waals surface area (Å²) < 4.78 is 5.33. The molecule has 0 aromatic heterocycles. The van der Waals surface area contributed by atoms with Crippen molar-refractivity contribution in [3.8, 4) is 0 Å². The maximum atomic E-state index is 12.7. The second kappa shape index (κ2) is 10.1. The summed E-state index contributed by atoms with van der Waals surface area (Å²) in [5, 5.41) is 2.73. The van der Waals surface area contributed by atoms with Crippen molar-refractivity contribution in [2.75, 3.05) is 23.4 Å². The normalized spacial score (nSPS) is 15.5. The molecule has 30 heavy (non-hydrogen) atoms. The summed E-state index contributed by atoms with van der Waals surface area (Å²) in [4.78, 5) is 38.5. The van der Waals surface area contributed by atoms with E-state index >= 15 is 0 Å². The zero-order valence-corrected chi connectivity index (χ0v) is 17.5. The summed E-state index contributed by atoms with van der Waals surface area (Å²) in [5.41, 5.74) is 2.30. The molecule has 1 N–H and O–H groups in total. The first-order valence-corrected chi connectivity index (χ1v) is 10.4. The first kappa shape index (κ1) is 21.6. The van der Waals surface area contributed by atoms with Gasteiger partial charge >= 0.3 is 5.97 Å². The second-order valence-corrected chi connectivity index (χ2v) is 7.63. The van der Waals surface area contributed by atoms with E-state index in [1.807, 2.05) is 44.2 Å². The van der Waals surface area contributed by atoms with E-state index in [0.717, 1.165) is 30.6 Å². The Balaban J connectivity index is 1.55. The molecule has 1 aliphatic rings. The van der Waals surface area contributed by atoms with Gasteiger partial charge in [-0.15, -0.1) is 0 Å². The van der Waals surface area contributed by atoms with E-state index < -0.39 is 17.8 Å². The van der Waals surface area contributed by atoms with Crippen LogP contribution in [0.25, 0.3) is 0 Å². The van der Waals surface area contributed by atoms with Gasteiger partial charge in [-0.25, -0.2) is 0 Å². The van der Waals surface area contributed by atoms with Crippen LogP contribution < -0.4 is 10.2 Å². The predicted molar refractivity (Wildman–Crippen MR) is 116 cm³/mol. The monoisotopic (exact) mass is 408 g/mol. The molecule has 2 amide bonds. The number of rotatable bonds is 8. The average molecular weight is 408 g/mol. The molecule has 158 valence electrons. The van der Waals surface area contributed by atoms with Crippen molar-refractivity contribution >= 4 is 29.2 Å². The molecule has 2 aromatic rings. The first-order chi connectivity index (χ1) is 14.5. The molecule has 6 heteroatoms. The van der Waals surface area contributed by atoms with Crippen LogP contribution in [0.3, 0.4) is 0 Å². The smallest absolute Gasteiger partial charge is 0.314 e. The Morgan fingerprint density at radius 3 is 2.40 bits per heavy atom. The fourth-order valence-electron chi connectivity index (χ4n) is 3.66. The van der Waals surface area contributed by atoms with Crippen molar-refractivity contribution < 1.29 is 19.1 Å². The summed E-state index contributed by atoms with van der Waals surface area (Å²) in [6, 6.07) is 16.6. The van der Waals surface area contributed by atoms with Gasteiger partial charge in [0.15, 0.2) is 6.61 Å². The van der Waals surface area contributed by atoms with Gasteiger partial charge in [0.1, 0.15) is 0 Å². The van der Waals surface area contributed by atoms with Gasteiger partial charge in [-0.3, -0.25) is 14.4 Å². The highest BCUT2D eigenvalue weighted by Gasteiger charge is 2.28. The van der Waals surface area contributed by atoms with Gasteiger partial charge in [-0.1, -0.05) is 50.6 Å². The summed E-state index contributed by atoms with van der Waals surface area (Å²) in [5.74, 6) is -0.976. The Kier molecular flexibility index (Phi) is 7.22. The highest BCUT2D eigenvalue weighted by Crippen LogP contribution is 2.28. The molecule has 0 bridgehead atoms. The topological polar surface area (TPSA) is 75.7 Å². The lowest BCUT2D eigenvalue weighted by Gasteiger charge is -2.21. The van der Waals surface area contributed by atoms with Crippen LogP contribution in [0.15, 0.2) is 54.6 Å². The lowest BCUT2D eigenvalue weighted by atomic mass is 9.86. The number of amides is 2. The van der Waals surface area contributed by atoms with E-state index in [4.69, 9.17) is 4.74 Å². The van der Waals surface area contributed by atoms with Crippen LogP contribution in [-0.4, -0.2) is 30.9 Å². The van der Waals surface area contributed by atoms with E-state index in [9.17, 15) is 14.4 Å². The molecule has 0 saturated carbocycles. The molecule has 1 fully saturated rings. The fraction of sp³-hybridized carbons (Fsp3) is 0.375. The van der Waals surface area contributed by atoms with Crippen LogP contribution in [-0.2, 0) is 19.1 Å². The van der Waals surface area contributed by atoms with Gasteiger partial charge in [-0.2, -0.15) is 0 Å². The minimum absolute atomic E-state index is 0.101. The van der Waals surface area contributed by atoms with E-state index in [1.54, 1.807) is 29.2 Å². The Labute approximate surface area is 177 Å². The summed E-state index contributed by atoms with van der Waals surface area (Å²) in [6.45, 7) is 4.41. The fourth-order valence-corrected chi connectivity index (χ4v) is 3.66. The van der Waals surface area contributed by atoms with Crippen molar-refractivity contribution in [3.05, 3.63) is 60.2 Å². The lowest BCUT2D eigenvalue weighted by Crippen LogP contribution is -2.27. The number of benzene rings is 2. The summed E-state index contributed by atoms with van der Waals surface area (Å²) in [7, 11) is 0. The Morgan fingerprint density at radius 1 is 1.10 bits per heavy atom. The van der Waals surface area contributed by atoms with Crippen molar-refractivity contribution in [2.45, 2.75) is 39.0 Å². The lowest BCUT2D eigenvalue weighted by molar-refractivity contribution is -0.150. The van der Waals surface area contributed by atoms with E-state index in [0.29, 0.717) is 12.1 Å². The molecule has 3 rings (SSSR count). The number of nitrogens with one attached hydrogen (secondary N) is 1. The Bertz CT molecular complexity index is 880. The molecule has 0 radical (unpaired) electrons. The van der Waals surface area contributed by atoms with Crippen LogP contribution >= 0.6 is 0 Å². The number of carbonyl (C=O) groups excluding carboxylic acids is 3. The van der Waals surface area contributed by atoms with Crippen molar-refractivity contribution in [1.82, 2.24) is 0 Å². The number of nitrogens with zero attached hydrogens (tertiary/aromatic N) is 1. The van der Waals surface area contributed by atoms with Gasteiger partial charge in [0, 0.05) is 24.3 Å². The number of hydrogen-bond donors (Lipinski definition) is 1. The number of carbonyl (C=O) groups is 3. The molecule has 1 aliphatic heterocycles. The predicted octanol–water partition coefficient (Wildman–Crippen LogP) is 4.13. The molecule has 2 aromatic carbocycles. The van der Waals surface area contributed by atoms with Crippen molar-refractivity contribution in [2.24, 2.45) is 5.92 Å². The van der Waals surface area contributed by atoms with Crippen molar-refractivity contribution in [1.29, 1.82) is 0 Å². The quantitative estimate of drug-likeness (QED) is 0.667. The van der Waals surface area contributed by atoms with Crippen LogP contribution in [0, 0.1) is 5.92 Å². The Hall–Kier alpha value is -3.15. The number of anilines is 2. The molecule has 6 nitrogen and oxygen atoms in total. The number of hydrogen-bond acceptors (Lipinski definition) is 4. The van der Waals surface area contributed by atoms with Gasteiger partial charge < -0.3 is 15.0 Å². The molecule has 0 aliphatic carbocycles. The van der Waals surface area contributed by atoms with Crippen LogP contribution in [0.2, 0.25) is 0 Å². The SMILES string of the molecule is CC[C@@H](C)[C@H](C(=O)OCC(=O)Nc1ccc(N2CCCC2=O)cc1)c1ccccc1. The van der Waals surface area contributed by atoms with E-state index in [1.165, 1.54) is 0 Å². The van der Waals surface area contributed by atoms with Gasteiger partial charge in [0.2, 0.25) is 5.91 Å². The highest BCUT2D eigenvalue weighted by atomic mass is 16.5. The van der Waals surface area contributed by atoms with Gasteiger partial charge in [-0.05, 0) is 42.2 Å². The third-order valence-electron chi connectivity index (χ3n) is 5.51. The maximum Gasteiger partial charge on any atom is 0.314 e. The van der Waals surface area contributed by atoms with Gasteiger partial charge in [0.25, 0.3) is 5.91 Å². The highest BCUT2D eigenvalue weighted by molar-refractivity contribution is 5.96. The second-order valence-electron chi connectivity index (χ2n) is 7.63.